The highest BCUT2D eigenvalue weighted by atomic mass is 16.5. The van der Waals surface area contributed by atoms with E-state index < -0.39 is 5.97 Å². The van der Waals surface area contributed by atoms with E-state index >= 15 is 0 Å². The van der Waals surface area contributed by atoms with Crippen LogP contribution >= 0.6 is 0 Å². The maximum Gasteiger partial charge on any atom is 0.303 e. The number of carbonyl (C=O) groups is 1. The third kappa shape index (κ3) is 1.83. The summed E-state index contributed by atoms with van der Waals surface area (Å²) in [5.41, 5.74) is 1.09. The Labute approximate surface area is 95.0 Å². The molecule has 1 aliphatic rings. The molecule has 0 aromatic heterocycles. The molecule has 1 N–H and O–H groups in total. The zero-order valence-electron chi connectivity index (χ0n) is 9.35. The first-order valence-corrected chi connectivity index (χ1v) is 5.50. The summed E-state index contributed by atoms with van der Waals surface area (Å²) in [7, 11) is 0. The number of carboxylic acid groups (broad SMARTS) is 1. The first kappa shape index (κ1) is 11.1. The number of ether oxygens (including phenoxy) is 1. The summed E-state index contributed by atoms with van der Waals surface area (Å²) >= 11 is 0. The van der Waals surface area contributed by atoms with Crippen molar-refractivity contribution in [3.63, 3.8) is 0 Å². The minimum atomic E-state index is -0.741. The molecule has 0 radical (unpaired) electrons. The van der Waals surface area contributed by atoms with Gasteiger partial charge in [0.15, 0.2) is 0 Å². The van der Waals surface area contributed by atoms with Crippen LogP contribution in [0.15, 0.2) is 30.3 Å². The molecule has 0 bridgehead atoms. The monoisotopic (exact) mass is 220 g/mol. The van der Waals surface area contributed by atoms with Crippen molar-refractivity contribution in [2.75, 3.05) is 13.2 Å². The van der Waals surface area contributed by atoms with Gasteiger partial charge in [-0.15, -0.1) is 0 Å². The standard InChI is InChI=1S/C13H16O3/c1-10(7-12(14)15)13(8-16-9-13)11-5-3-2-4-6-11/h2-6,10H,7-9H2,1H3,(H,14,15). The number of hydrogen-bond acceptors (Lipinski definition) is 2. The predicted molar refractivity (Wildman–Crippen MR) is 60.4 cm³/mol. The molecule has 0 amide bonds. The number of aliphatic carboxylic acids is 1. The van der Waals surface area contributed by atoms with Crippen LogP contribution in [0.2, 0.25) is 0 Å². The van der Waals surface area contributed by atoms with Crippen LogP contribution < -0.4 is 0 Å². The Morgan fingerprint density at radius 1 is 1.44 bits per heavy atom. The Bertz CT molecular complexity index is 368. The molecule has 1 aromatic carbocycles. The highest BCUT2D eigenvalue weighted by molar-refractivity contribution is 5.67. The van der Waals surface area contributed by atoms with Gasteiger partial charge in [0.2, 0.25) is 0 Å². The molecular formula is C13H16O3. The van der Waals surface area contributed by atoms with Gasteiger partial charge in [0, 0.05) is 11.8 Å². The van der Waals surface area contributed by atoms with Gasteiger partial charge in [-0.2, -0.15) is 0 Å². The second kappa shape index (κ2) is 4.26. The molecule has 0 aliphatic carbocycles. The van der Waals surface area contributed by atoms with Crippen LogP contribution in [-0.4, -0.2) is 24.3 Å². The summed E-state index contributed by atoms with van der Waals surface area (Å²) in [6.45, 7) is 3.25. The van der Waals surface area contributed by atoms with E-state index in [-0.39, 0.29) is 17.8 Å². The molecule has 1 aromatic rings. The van der Waals surface area contributed by atoms with Crippen molar-refractivity contribution in [2.45, 2.75) is 18.8 Å². The number of hydrogen-bond donors (Lipinski definition) is 1. The van der Waals surface area contributed by atoms with Crippen molar-refractivity contribution in [3.05, 3.63) is 35.9 Å². The Kier molecular flexibility index (Phi) is 2.97. The van der Waals surface area contributed by atoms with Gasteiger partial charge in [-0.05, 0) is 11.5 Å². The lowest BCUT2D eigenvalue weighted by molar-refractivity contribution is -0.142. The van der Waals surface area contributed by atoms with E-state index in [9.17, 15) is 4.79 Å². The lowest BCUT2D eigenvalue weighted by Crippen LogP contribution is -2.52. The summed E-state index contributed by atoms with van der Waals surface area (Å²) in [6, 6.07) is 10.1. The van der Waals surface area contributed by atoms with Gasteiger partial charge >= 0.3 is 5.97 Å². The van der Waals surface area contributed by atoms with Crippen molar-refractivity contribution < 1.29 is 14.6 Å². The molecule has 3 heteroatoms. The third-order valence-electron chi connectivity index (χ3n) is 3.49. The van der Waals surface area contributed by atoms with Crippen LogP contribution in [0, 0.1) is 5.92 Å². The molecule has 86 valence electrons. The minimum Gasteiger partial charge on any atom is -0.481 e. The lowest BCUT2D eigenvalue weighted by atomic mass is 9.68. The first-order chi connectivity index (χ1) is 7.65. The highest BCUT2D eigenvalue weighted by Crippen LogP contribution is 2.40. The maximum absolute atomic E-state index is 10.8. The fourth-order valence-corrected chi connectivity index (χ4v) is 2.29. The van der Waals surface area contributed by atoms with Gasteiger partial charge in [-0.1, -0.05) is 37.3 Å². The Balaban J connectivity index is 2.23. The normalized spacial score (nSPS) is 19.8. The molecule has 1 saturated heterocycles. The van der Waals surface area contributed by atoms with Gasteiger partial charge in [0.25, 0.3) is 0 Å². The van der Waals surface area contributed by atoms with E-state index in [1.54, 1.807) is 0 Å². The molecule has 1 unspecified atom stereocenters. The highest BCUT2D eigenvalue weighted by Gasteiger charge is 2.45. The molecular weight excluding hydrogens is 204 g/mol. The zero-order valence-corrected chi connectivity index (χ0v) is 9.35. The Hall–Kier alpha value is -1.35. The van der Waals surface area contributed by atoms with E-state index in [0.717, 1.165) is 0 Å². The first-order valence-electron chi connectivity index (χ1n) is 5.50. The number of benzene rings is 1. The summed E-state index contributed by atoms with van der Waals surface area (Å²) in [5, 5.41) is 8.87. The van der Waals surface area contributed by atoms with Gasteiger partial charge < -0.3 is 9.84 Å². The molecule has 1 aliphatic heterocycles. The predicted octanol–water partition coefficient (Wildman–Crippen LogP) is 2.07. The van der Waals surface area contributed by atoms with Crippen LogP contribution in [0.25, 0.3) is 0 Å². The Morgan fingerprint density at radius 2 is 2.06 bits per heavy atom. The summed E-state index contributed by atoms with van der Waals surface area (Å²) in [6.07, 6.45) is 0.193. The van der Waals surface area contributed by atoms with Crippen molar-refractivity contribution >= 4 is 5.97 Å². The van der Waals surface area contributed by atoms with E-state index in [0.29, 0.717) is 13.2 Å². The lowest BCUT2D eigenvalue weighted by Gasteiger charge is -2.46. The van der Waals surface area contributed by atoms with Gasteiger partial charge in [-0.3, -0.25) is 4.79 Å². The number of carboxylic acids is 1. The van der Waals surface area contributed by atoms with Crippen LogP contribution in [0.1, 0.15) is 18.9 Å². The molecule has 1 fully saturated rings. The second-order valence-electron chi connectivity index (χ2n) is 4.51. The second-order valence-corrected chi connectivity index (χ2v) is 4.51. The van der Waals surface area contributed by atoms with Crippen molar-refractivity contribution in [3.8, 4) is 0 Å². The quantitative estimate of drug-likeness (QED) is 0.844. The molecule has 1 atom stereocenters. The van der Waals surface area contributed by atoms with E-state index in [2.05, 4.69) is 12.1 Å². The fraction of sp³-hybridized carbons (Fsp3) is 0.462. The zero-order chi connectivity index (χ0) is 11.6. The molecule has 16 heavy (non-hydrogen) atoms. The molecule has 0 saturated carbocycles. The van der Waals surface area contributed by atoms with E-state index in [1.807, 2.05) is 25.1 Å². The van der Waals surface area contributed by atoms with Crippen LogP contribution in [-0.2, 0) is 14.9 Å². The largest absolute Gasteiger partial charge is 0.481 e. The van der Waals surface area contributed by atoms with Crippen LogP contribution in [0.4, 0.5) is 0 Å². The van der Waals surface area contributed by atoms with Crippen LogP contribution in [0.3, 0.4) is 0 Å². The summed E-state index contributed by atoms with van der Waals surface area (Å²) in [5.74, 6) is -0.643. The van der Waals surface area contributed by atoms with Crippen molar-refractivity contribution in [1.29, 1.82) is 0 Å². The molecule has 1 heterocycles. The maximum atomic E-state index is 10.8. The Morgan fingerprint density at radius 3 is 2.50 bits per heavy atom. The van der Waals surface area contributed by atoms with Crippen molar-refractivity contribution in [1.82, 2.24) is 0 Å². The molecule has 2 rings (SSSR count). The minimum absolute atomic E-state index is 0.0976. The van der Waals surface area contributed by atoms with E-state index in [1.165, 1.54) is 5.56 Å². The van der Waals surface area contributed by atoms with Gasteiger partial charge in [0.05, 0.1) is 13.2 Å². The van der Waals surface area contributed by atoms with E-state index in [4.69, 9.17) is 9.84 Å². The smallest absolute Gasteiger partial charge is 0.303 e. The SMILES string of the molecule is CC(CC(=O)O)C1(c2ccccc2)COC1. The average Bonchev–Trinajstić information content (AvgIpc) is 2.16. The summed E-state index contributed by atoms with van der Waals surface area (Å²) < 4.78 is 5.30. The fourth-order valence-electron chi connectivity index (χ4n) is 2.29. The third-order valence-corrected chi connectivity index (χ3v) is 3.49. The van der Waals surface area contributed by atoms with Crippen LogP contribution in [0.5, 0.6) is 0 Å². The summed E-state index contributed by atoms with van der Waals surface area (Å²) in [4.78, 5) is 10.8. The molecule has 0 spiro atoms. The molecule has 3 nitrogen and oxygen atoms in total. The average molecular weight is 220 g/mol. The van der Waals surface area contributed by atoms with Crippen molar-refractivity contribution in [2.24, 2.45) is 5.92 Å². The van der Waals surface area contributed by atoms with Gasteiger partial charge in [-0.25, -0.2) is 0 Å². The number of rotatable bonds is 4. The topological polar surface area (TPSA) is 46.5 Å². The van der Waals surface area contributed by atoms with Gasteiger partial charge in [0.1, 0.15) is 0 Å².